The van der Waals surface area contributed by atoms with Crippen LogP contribution in [0.3, 0.4) is 0 Å². The quantitative estimate of drug-likeness (QED) is 0.434. The Hall–Kier alpha value is -3.81. The topological polar surface area (TPSA) is 66.8 Å². The number of alkyl halides is 3. The number of hydrogen-bond donors (Lipinski definition) is 1. The number of carbonyl (C=O) groups excluding carboxylic acids is 1. The molecule has 3 aromatic carbocycles. The van der Waals surface area contributed by atoms with Crippen LogP contribution >= 0.6 is 0 Å². The SMILES string of the molecule is CCN(Cc1cc(C(F)(F)F)ccc1Oc1cccc(CC(=O)O)c1)C(=O)Cc1ccccc1. The number of halogens is 3. The van der Waals surface area contributed by atoms with Crippen LogP contribution in [0.5, 0.6) is 11.5 Å². The first kappa shape index (κ1) is 24.8. The number of rotatable bonds is 9. The van der Waals surface area contributed by atoms with E-state index in [4.69, 9.17) is 9.84 Å². The van der Waals surface area contributed by atoms with Gasteiger partial charge in [-0.2, -0.15) is 13.2 Å². The van der Waals surface area contributed by atoms with E-state index in [1.54, 1.807) is 25.1 Å². The van der Waals surface area contributed by atoms with Crippen molar-refractivity contribution < 1.29 is 32.6 Å². The first-order chi connectivity index (χ1) is 16.2. The van der Waals surface area contributed by atoms with Gasteiger partial charge in [0.1, 0.15) is 11.5 Å². The summed E-state index contributed by atoms with van der Waals surface area (Å²) in [6.45, 7) is 1.98. The van der Waals surface area contributed by atoms with Crippen molar-refractivity contribution >= 4 is 11.9 Å². The Kier molecular flexibility index (Phi) is 7.94. The van der Waals surface area contributed by atoms with E-state index >= 15 is 0 Å². The Bertz CT molecular complexity index is 1150. The number of carboxylic acids is 1. The number of nitrogens with zero attached hydrogens (tertiary/aromatic N) is 1. The van der Waals surface area contributed by atoms with Gasteiger partial charge >= 0.3 is 12.1 Å². The summed E-state index contributed by atoms with van der Waals surface area (Å²) in [7, 11) is 0. The van der Waals surface area contributed by atoms with Crippen molar-refractivity contribution in [1.29, 1.82) is 0 Å². The van der Waals surface area contributed by atoms with Crippen molar-refractivity contribution in [2.75, 3.05) is 6.54 Å². The molecule has 0 spiro atoms. The molecule has 178 valence electrons. The summed E-state index contributed by atoms with van der Waals surface area (Å²) < 4.78 is 46.0. The van der Waals surface area contributed by atoms with E-state index in [2.05, 4.69) is 0 Å². The first-order valence-corrected chi connectivity index (χ1v) is 10.7. The maximum atomic E-state index is 13.4. The third-order valence-electron chi connectivity index (χ3n) is 5.16. The lowest BCUT2D eigenvalue weighted by atomic mass is 10.1. The molecule has 0 unspecified atom stereocenters. The summed E-state index contributed by atoms with van der Waals surface area (Å²) in [4.78, 5) is 25.3. The highest BCUT2D eigenvalue weighted by Crippen LogP contribution is 2.35. The Balaban J connectivity index is 1.89. The molecule has 5 nitrogen and oxygen atoms in total. The number of carboxylic acid groups (broad SMARTS) is 1. The second-order valence-corrected chi connectivity index (χ2v) is 7.71. The summed E-state index contributed by atoms with van der Waals surface area (Å²) in [5, 5.41) is 9.00. The molecule has 0 aliphatic heterocycles. The third-order valence-corrected chi connectivity index (χ3v) is 5.16. The fourth-order valence-electron chi connectivity index (χ4n) is 3.46. The molecule has 0 saturated carbocycles. The van der Waals surface area contributed by atoms with E-state index in [0.29, 0.717) is 17.9 Å². The van der Waals surface area contributed by atoms with Gasteiger partial charge < -0.3 is 14.7 Å². The van der Waals surface area contributed by atoms with Gasteiger partial charge in [-0.15, -0.1) is 0 Å². The van der Waals surface area contributed by atoms with Crippen LogP contribution < -0.4 is 4.74 Å². The van der Waals surface area contributed by atoms with E-state index in [0.717, 1.165) is 17.7 Å². The smallest absolute Gasteiger partial charge is 0.416 e. The molecule has 0 radical (unpaired) electrons. The number of carbonyl (C=O) groups is 2. The van der Waals surface area contributed by atoms with Crippen LogP contribution in [0, 0.1) is 0 Å². The van der Waals surface area contributed by atoms with Crippen molar-refractivity contribution in [1.82, 2.24) is 4.90 Å². The summed E-state index contributed by atoms with van der Waals surface area (Å²) >= 11 is 0. The van der Waals surface area contributed by atoms with Gasteiger partial charge in [0.05, 0.1) is 18.4 Å². The number of ether oxygens (including phenoxy) is 1. The maximum absolute atomic E-state index is 13.4. The average Bonchev–Trinajstić information content (AvgIpc) is 2.78. The van der Waals surface area contributed by atoms with Crippen LogP contribution in [0.25, 0.3) is 0 Å². The summed E-state index contributed by atoms with van der Waals surface area (Å²) in [5.41, 5.74) is 0.649. The predicted molar refractivity (Wildman–Crippen MR) is 121 cm³/mol. The van der Waals surface area contributed by atoms with E-state index in [1.165, 1.54) is 17.0 Å². The molecule has 0 saturated heterocycles. The molecule has 0 aliphatic rings. The van der Waals surface area contributed by atoms with Gasteiger partial charge in [-0.05, 0) is 48.4 Å². The lowest BCUT2D eigenvalue weighted by Crippen LogP contribution is -2.31. The van der Waals surface area contributed by atoms with Crippen LogP contribution in [0.1, 0.15) is 29.2 Å². The molecular formula is C26H24F3NO4. The van der Waals surface area contributed by atoms with Gasteiger partial charge in [0.25, 0.3) is 0 Å². The second-order valence-electron chi connectivity index (χ2n) is 7.71. The minimum absolute atomic E-state index is 0.0732. The molecule has 0 aliphatic carbocycles. The third kappa shape index (κ3) is 6.84. The summed E-state index contributed by atoms with van der Waals surface area (Å²) in [5.74, 6) is -0.784. The van der Waals surface area contributed by atoms with Crippen molar-refractivity contribution in [3.8, 4) is 11.5 Å². The van der Waals surface area contributed by atoms with Crippen molar-refractivity contribution in [3.63, 3.8) is 0 Å². The highest BCUT2D eigenvalue weighted by Gasteiger charge is 2.31. The minimum Gasteiger partial charge on any atom is -0.481 e. The molecule has 8 heteroatoms. The van der Waals surface area contributed by atoms with Crippen LogP contribution in [-0.2, 0) is 35.2 Å². The zero-order valence-corrected chi connectivity index (χ0v) is 18.5. The van der Waals surface area contributed by atoms with Gasteiger partial charge in [0.15, 0.2) is 0 Å². The van der Waals surface area contributed by atoms with Crippen LogP contribution in [0.15, 0.2) is 72.8 Å². The Morgan fingerprint density at radius 2 is 1.62 bits per heavy atom. The number of aliphatic carboxylic acids is 1. The molecule has 1 N–H and O–H groups in total. The Morgan fingerprint density at radius 3 is 2.26 bits per heavy atom. The Morgan fingerprint density at radius 1 is 0.912 bits per heavy atom. The molecule has 1 amide bonds. The summed E-state index contributed by atoms with van der Waals surface area (Å²) in [6.07, 6.45) is -4.64. The van der Waals surface area contributed by atoms with Crippen LogP contribution in [-0.4, -0.2) is 28.4 Å². The highest BCUT2D eigenvalue weighted by molar-refractivity contribution is 5.78. The van der Waals surface area contributed by atoms with Gasteiger partial charge in [-0.3, -0.25) is 9.59 Å². The first-order valence-electron chi connectivity index (χ1n) is 10.7. The van der Waals surface area contributed by atoms with Crippen LogP contribution in [0.2, 0.25) is 0 Å². The zero-order chi connectivity index (χ0) is 24.7. The number of amides is 1. The van der Waals surface area contributed by atoms with Gasteiger partial charge in [0.2, 0.25) is 5.91 Å². The standard InChI is InChI=1S/C26H24F3NO4/c1-2-30(24(31)14-18-7-4-3-5-8-18)17-20-16-21(26(27,28)29)11-12-23(20)34-22-10-6-9-19(13-22)15-25(32)33/h3-13,16H,2,14-15,17H2,1H3,(H,32,33). The molecule has 0 heterocycles. The van der Waals surface area contributed by atoms with Gasteiger partial charge in [-0.25, -0.2) is 0 Å². The normalized spacial score (nSPS) is 11.2. The molecule has 3 aromatic rings. The van der Waals surface area contributed by atoms with Crippen LogP contribution in [0.4, 0.5) is 13.2 Å². The highest BCUT2D eigenvalue weighted by atomic mass is 19.4. The van der Waals surface area contributed by atoms with E-state index in [-0.39, 0.29) is 36.6 Å². The number of benzene rings is 3. The molecule has 0 bridgehead atoms. The van der Waals surface area contributed by atoms with E-state index in [9.17, 15) is 22.8 Å². The van der Waals surface area contributed by atoms with Crippen molar-refractivity contribution in [2.45, 2.75) is 32.5 Å². The maximum Gasteiger partial charge on any atom is 0.416 e. The molecule has 3 rings (SSSR count). The lowest BCUT2D eigenvalue weighted by molar-refractivity contribution is -0.138. The van der Waals surface area contributed by atoms with E-state index < -0.39 is 17.7 Å². The van der Waals surface area contributed by atoms with E-state index in [1.807, 2.05) is 30.3 Å². The largest absolute Gasteiger partial charge is 0.481 e. The van der Waals surface area contributed by atoms with Crippen molar-refractivity contribution in [2.24, 2.45) is 0 Å². The minimum atomic E-state index is -4.56. The fourth-order valence-corrected chi connectivity index (χ4v) is 3.46. The summed E-state index contributed by atoms with van der Waals surface area (Å²) in [6, 6.07) is 18.6. The Labute approximate surface area is 195 Å². The zero-order valence-electron chi connectivity index (χ0n) is 18.5. The molecule has 34 heavy (non-hydrogen) atoms. The molecular weight excluding hydrogens is 447 g/mol. The second kappa shape index (κ2) is 10.9. The van der Waals surface area contributed by atoms with Crippen molar-refractivity contribution in [3.05, 3.63) is 95.1 Å². The molecule has 0 aromatic heterocycles. The monoisotopic (exact) mass is 471 g/mol. The molecule has 0 fully saturated rings. The van der Waals surface area contributed by atoms with Gasteiger partial charge in [0, 0.05) is 18.7 Å². The average molecular weight is 471 g/mol. The number of likely N-dealkylation sites (N-methyl/N-ethyl adjacent to an activating group) is 1. The fraction of sp³-hybridized carbons (Fsp3) is 0.231. The lowest BCUT2D eigenvalue weighted by Gasteiger charge is -2.23. The molecule has 0 atom stereocenters. The number of hydrogen-bond acceptors (Lipinski definition) is 3. The predicted octanol–water partition coefficient (Wildman–Crippen LogP) is 5.72. The van der Waals surface area contributed by atoms with Gasteiger partial charge in [-0.1, -0.05) is 42.5 Å².